The maximum absolute atomic E-state index is 11.5. The molecule has 2 atom stereocenters. The molecule has 0 saturated heterocycles. The summed E-state index contributed by atoms with van der Waals surface area (Å²) in [5.74, 6) is 1.86. The van der Waals surface area contributed by atoms with Gasteiger partial charge in [0.05, 0.1) is 5.56 Å². The van der Waals surface area contributed by atoms with Gasteiger partial charge in [0.15, 0.2) is 0 Å². The third-order valence-corrected chi connectivity index (χ3v) is 6.08. The molecule has 0 aliphatic carbocycles. The number of aryl methyl sites for hydroxylation is 3. The number of aliphatic hydroxyl groups is 2. The molecular weight excluding hydrogens is 474 g/mol. The number of carbonyl (C=O) groups is 1. The summed E-state index contributed by atoms with van der Waals surface area (Å²) in [6.45, 7) is 13.3. The van der Waals surface area contributed by atoms with E-state index in [1.54, 1.807) is 6.20 Å². The Labute approximate surface area is 217 Å². The number of carbonyl (C=O) groups excluding carboxylic acids is 1. The van der Waals surface area contributed by atoms with E-state index in [0.717, 1.165) is 46.7 Å². The summed E-state index contributed by atoms with van der Waals surface area (Å²) in [5, 5.41) is 30.4. The number of ether oxygens (including phenoxy) is 1. The van der Waals surface area contributed by atoms with Gasteiger partial charge in [0.2, 0.25) is 17.7 Å². The number of benzene rings is 1. The Morgan fingerprint density at radius 3 is 2.30 bits per heavy atom. The van der Waals surface area contributed by atoms with Crippen LogP contribution >= 0.6 is 0 Å². The molecule has 0 bridgehead atoms. The number of anilines is 1. The first-order valence-corrected chi connectivity index (χ1v) is 12.6. The van der Waals surface area contributed by atoms with Gasteiger partial charge in [-0.1, -0.05) is 6.92 Å². The van der Waals surface area contributed by atoms with Gasteiger partial charge in [0.1, 0.15) is 30.4 Å². The maximum atomic E-state index is 11.5. The van der Waals surface area contributed by atoms with E-state index in [0.29, 0.717) is 24.0 Å². The van der Waals surface area contributed by atoms with Crippen molar-refractivity contribution in [2.75, 3.05) is 31.1 Å². The highest BCUT2D eigenvalue weighted by atomic mass is 16.5. The van der Waals surface area contributed by atoms with Gasteiger partial charge < -0.3 is 29.6 Å². The lowest BCUT2D eigenvalue weighted by Gasteiger charge is -2.21. The molecular formula is C27H37N5O5. The second-order valence-corrected chi connectivity index (χ2v) is 8.97. The third kappa shape index (κ3) is 6.84. The molecule has 1 amide bonds. The number of hydrogen-bond donors (Lipinski definition) is 3. The van der Waals surface area contributed by atoms with Gasteiger partial charge in [0.25, 0.3) is 0 Å². The van der Waals surface area contributed by atoms with E-state index in [4.69, 9.17) is 9.15 Å². The second kappa shape index (κ2) is 12.6. The molecule has 0 spiro atoms. The zero-order chi connectivity index (χ0) is 27.1. The fourth-order valence-electron chi connectivity index (χ4n) is 4.04. The molecule has 3 rings (SSSR count). The lowest BCUT2D eigenvalue weighted by atomic mass is 10.0. The van der Waals surface area contributed by atoms with E-state index in [1.165, 1.54) is 6.92 Å². The molecule has 10 nitrogen and oxygen atoms in total. The summed E-state index contributed by atoms with van der Waals surface area (Å²) in [6.07, 6.45) is 0.393. The van der Waals surface area contributed by atoms with Crippen LogP contribution in [0.5, 0.6) is 5.75 Å². The number of rotatable bonds is 12. The maximum Gasteiger partial charge on any atom is 0.249 e. The van der Waals surface area contributed by atoms with Crippen molar-refractivity contribution in [3.8, 4) is 28.7 Å². The molecule has 2 unspecified atom stereocenters. The molecule has 0 aliphatic rings. The molecule has 200 valence electrons. The van der Waals surface area contributed by atoms with Crippen LogP contribution in [0.15, 0.2) is 28.8 Å². The van der Waals surface area contributed by atoms with Crippen molar-refractivity contribution in [2.45, 2.75) is 60.2 Å². The average Bonchev–Trinajstić information content (AvgIpc) is 3.38. The topological polar surface area (TPSA) is 134 Å². The molecule has 2 aromatic heterocycles. The van der Waals surface area contributed by atoms with Gasteiger partial charge in [-0.2, -0.15) is 0 Å². The van der Waals surface area contributed by atoms with Crippen molar-refractivity contribution in [3.63, 3.8) is 0 Å². The molecule has 0 saturated carbocycles. The van der Waals surface area contributed by atoms with E-state index in [2.05, 4.69) is 39.2 Å². The molecule has 3 aromatic rings. The van der Waals surface area contributed by atoms with Crippen molar-refractivity contribution in [3.05, 3.63) is 41.1 Å². The van der Waals surface area contributed by atoms with Crippen LogP contribution < -0.4 is 15.0 Å². The van der Waals surface area contributed by atoms with E-state index in [9.17, 15) is 15.0 Å². The fraction of sp³-hybridized carbons (Fsp3) is 0.481. The minimum absolute atomic E-state index is 0.00613. The molecule has 37 heavy (non-hydrogen) atoms. The van der Waals surface area contributed by atoms with E-state index in [1.807, 2.05) is 39.0 Å². The third-order valence-electron chi connectivity index (χ3n) is 6.08. The Bertz CT molecular complexity index is 1210. The number of pyridine rings is 1. The summed E-state index contributed by atoms with van der Waals surface area (Å²) in [4.78, 5) is 18.3. The first-order valence-electron chi connectivity index (χ1n) is 12.6. The standard InChI is InChI=1S/C27H37N5O5/c1-7-19-12-20(10-16(4)23(19)36-15-22(34)14-29-25(35)18(6)33)26-30-31-27(37-26)21-11-17(5)24(28-13-21)32(8-2)9-3/h10-13,18,22,33-34H,7-9,14-15H2,1-6H3,(H,29,35). The molecule has 0 aliphatic heterocycles. The number of aliphatic hydroxyl groups excluding tert-OH is 2. The minimum Gasteiger partial charge on any atom is -0.490 e. The summed E-state index contributed by atoms with van der Waals surface area (Å²) in [7, 11) is 0. The molecule has 2 heterocycles. The van der Waals surface area contributed by atoms with Crippen molar-refractivity contribution >= 4 is 11.7 Å². The van der Waals surface area contributed by atoms with Gasteiger partial charge in [-0.25, -0.2) is 4.98 Å². The Morgan fingerprint density at radius 1 is 1.05 bits per heavy atom. The van der Waals surface area contributed by atoms with Crippen LogP contribution in [-0.2, 0) is 11.2 Å². The molecule has 1 aromatic carbocycles. The van der Waals surface area contributed by atoms with Crippen molar-refractivity contribution < 1.29 is 24.2 Å². The van der Waals surface area contributed by atoms with Crippen LogP contribution in [0.3, 0.4) is 0 Å². The highest BCUT2D eigenvalue weighted by Crippen LogP contribution is 2.32. The van der Waals surface area contributed by atoms with Gasteiger partial charge in [-0.05, 0) is 75.9 Å². The van der Waals surface area contributed by atoms with Gasteiger partial charge in [-0.15, -0.1) is 10.2 Å². The van der Waals surface area contributed by atoms with Crippen LogP contribution in [0.25, 0.3) is 22.9 Å². The van der Waals surface area contributed by atoms with Gasteiger partial charge in [-0.3, -0.25) is 4.79 Å². The zero-order valence-corrected chi connectivity index (χ0v) is 22.4. The van der Waals surface area contributed by atoms with Gasteiger partial charge in [0, 0.05) is 31.4 Å². The monoisotopic (exact) mass is 511 g/mol. The van der Waals surface area contributed by atoms with Crippen LogP contribution in [-0.4, -0.2) is 69.8 Å². The first-order chi connectivity index (χ1) is 17.7. The smallest absolute Gasteiger partial charge is 0.249 e. The van der Waals surface area contributed by atoms with Crippen molar-refractivity contribution in [1.29, 1.82) is 0 Å². The van der Waals surface area contributed by atoms with Crippen molar-refractivity contribution in [1.82, 2.24) is 20.5 Å². The lowest BCUT2D eigenvalue weighted by Crippen LogP contribution is -2.39. The molecule has 3 N–H and O–H groups in total. The molecule has 0 fully saturated rings. The number of aromatic nitrogens is 3. The summed E-state index contributed by atoms with van der Waals surface area (Å²) in [5.41, 5.74) is 4.36. The minimum atomic E-state index is -1.13. The largest absolute Gasteiger partial charge is 0.490 e. The van der Waals surface area contributed by atoms with E-state index >= 15 is 0 Å². The number of hydrogen-bond acceptors (Lipinski definition) is 9. The van der Waals surface area contributed by atoms with Crippen LogP contribution in [0.2, 0.25) is 0 Å². The van der Waals surface area contributed by atoms with Crippen LogP contribution in [0.4, 0.5) is 5.82 Å². The predicted molar refractivity (Wildman–Crippen MR) is 142 cm³/mol. The van der Waals surface area contributed by atoms with Crippen LogP contribution in [0.1, 0.15) is 44.4 Å². The zero-order valence-electron chi connectivity index (χ0n) is 22.4. The lowest BCUT2D eigenvalue weighted by molar-refractivity contribution is -0.129. The fourth-order valence-corrected chi connectivity index (χ4v) is 4.04. The highest BCUT2D eigenvalue weighted by molar-refractivity contribution is 5.79. The summed E-state index contributed by atoms with van der Waals surface area (Å²) >= 11 is 0. The first kappa shape index (κ1) is 28.1. The van der Waals surface area contributed by atoms with Crippen molar-refractivity contribution in [2.24, 2.45) is 0 Å². The number of nitrogens with zero attached hydrogens (tertiary/aromatic N) is 4. The van der Waals surface area contributed by atoms with E-state index in [-0.39, 0.29) is 13.2 Å². The highest BCUT2D eigenvalue weighted by Gasteiger charge is 2.18. The normalized spacial score (nSPS) is 12.8. The van der Waals surface area contributed by atoms with Gasteiger partial charge >= 0.3 is 0 Å². The number of nitrogens with one attached hydrogen (secondary N) is 1. The average molecular weight is 512 g/mol. The SMILES string of the molecule is CCc1cc(-c2nnc(-c3cnc(N(CC)CC)c(C)c3)o2)cc(C)c1OCC(O)CNC(=O)C(C)O. The van der Waals surface area contributed by atoms with Crippen LogP contribution in [0, 0.1) is 13.8 Å². The summed E-state index contributed by atoms with van der Waals surface area (Å²) in [6, 6.07) is 5.85. The summed E-state index contributed by atoms with van der Waals surface area (Å²) < 4.78 is 11.9. The Kier molecular flexibility index (Phi) is 9.60. The second-order valence-electron chi connectivity index (χ2n) is 8.97. The Hall–Kier alpha value is -3.50. The Balaban J connectivity index is 1.76. The molecule has 10 heteroatoms. The molecule has 0 radical (unpaired) electrons. The quantitative estimate of drug-likeness (QED) is 0.335. The Morgan fingerprint density at radius 2 is 1.70 bits per heavy atom. The predicted octanol–water partition coefficient (Wildman–Crippen LogP) is 3.06. The number of amides is 1. The van der Waals surface area contributed by atoms with E-state index < -0.39 is 18.1 Å².